The lowest BCUT2D eigenvalue weighted by atomic mass is 9.98. The molecule has 1 aliphatic rings. The van der Waals surface area contributed by atoms with Crippen molar-refractivity contribution in [2.45, 2.75) is 32.6 Å². The van der Waals surface area contributed by atoms with Crippen molar-refractivity contribution in [3.8, 4) is 11.1 Å². The van der Waals surface area contributed by atoms with Gasteiger partial charge in [-0.25, -0.2) is 9.78 Å². The number of amides is 2. The summed E-state index contributed by atoms with van der Waals surface area (Å²) in [7, 11) is 0. The number of hydrogen-bond acceptors (Lipinski definition) is 6. The zero-order valence-corrected chi connectivity index (χ0v) is 20.4. The molecule has 35 heavy (non-hydrogen) atoms. The van der Waals surface area contributed by atoms with E-state index in [-0.39, 0.29) is 35.9 Å². The Labute approximate surface area is 207 Å². The zero-order valence-electron chi connectivity index (χ0n) is 19.5. The SMILES string of the molecule is Cc1nc(NC(=O)OCC2c3ccccc3-c3ccccc32)sc1C(=O)NCCC(C)CC(=O)O. The molecule has 0 bridgehead atoms. The van der Waals surface area contributed by atoms with Gasteiger partial charge in [0.05, 0.1) is 5.69 Å². The average Bonchev–Trinajstić information content (AvgIpc) is 3.34. The molecule has 0 radical (unpaired) electrons. The first-order valence-corrected chi connectivity index (χ1v) is 12.2. The average molecular weight is 494 g/mol. The first-order chi connectivity index (χ1) is 16.8. The number of thiazole rings is 1. The first-order valence-electron chi connectivity index (χ1n) is 11.4. The monoisotopic (exact) mass is 493 g/mol. The van der Waals surface area contributed by atoms with E-state index in [4.69, 9.17) is 9.84 Å². The fourth-order valence-corrected chi connectivity index (χ4v) is 5.16. The molecule has 3 aromatic rings. The number of carbonyl (C=O) groups is 3. The molecule has 1 heterocycles. The number of aliphatic carboxylic acids is 1. The zero-order chi connectivity index (χ0) is 24.9. The predicted octanol–water partition coefficient (Wildman–Crippen LogP) is 5.04. The van der Waals surface area contributed by atoms with Gasteiger partial charge in [0.15, 0.2) is 5.13 Å². The van der Waals surface area contributed by atoms with Gasteiger partial charge in [0, 0.05) is 18.9 Å². The molecule has 3 N–H and O–H groups in total. The molecule has 1 aliphatic carbocycles. The van der Waals surface area contributed by atoms with Crippen LogP contribution >= 0.6 is 11.3 Å². The summed E-state index contributed by atoms with van der Waals surface area (Å²) >= 11 is 1.07. The van der Waals surface area contributed by atoms with E-state index in [1.54, 1.807) is 6.92 Å². The molecule has 9 heteroatoms. The number of aromatic nitrogens is 1. The Kier molecular flexibility index (Phi) is 7.45. The minimum absolute atomic E-state index is 0.0406. The second-order valence-corrected chi connectivity index (χ2v) is 9.63. The molecule has 2 aromatic carbocycles. The third-order valence-electron chi connectivity index (χ3n) is 6.00. The van der Waals surface area contributed by atoms with Gasteiger partial charge in [-0.2, -0.15) is 0 Å². The van der Waals surface area contributed by atoms with Crippen LogP contribution in [0.4, 0.5) is 9.93 Å². The molecule has 1 atom stereocenters. The molecule has 1 aromatic heterocycles. The molecular formula is C26H27N3O5S. The van der Waals surface area contributed by atoms with Gasteiger partial charge < -0.3 is 15.2 Å². The highest BCUT2D eigenvalue weighted by Gasteiger charge is 2.29. The van der Waals surface area contributed by atoms with Gasteiger partial charge in [0.25, 0.3) is 5.91 Å². The van der Waals surface area contributed by atoms with Crippen LogP contribution in [0.15, 0.2) is 48.5 Å². The second kappa shape index (κ2) is 10.7. The standard InChI is InChI=1S/C26H27N3O5S/c1-15(13-22(30)31)11-12-27-24(32)23-16(2)28-25(35-23)29-26(33)34-14-21-19-9-5-3-7-17(19)18-8-4-6-10-20(18)21/h3-10,15,21H,11-14H2,1-2H3,(H,27,32)(H,30,31)(H,28,29,33). The molecule has 182 valence electrons. The third kappa shape index (κ3) is 5.68. The highest BCUT2D eigenvalue weighted by Crippen LogP contribution is 2.44. The van der Waals surface area contributed by atoms with Crippen molar-refractivity contribution in [1.29, 1.82) is 0 Å². The number of rotatable bonds is 9. The minimum atomic E-state index is -0.855. The molecule has 2 amide bonds. The van der Waals surface area contributed by atoms with Crippen LogP contribution in [0, 0.1) is 12.8 Å². The Morgan fingerprint density at radius 3 is 2.34 bits per heavy atom. The normalized spacial score (nSPS) is 13.0. The Morgan fingerprint density at radius 1 is 1.09 bits per heavy atom. The minimum Gasteiger partial charge on any atom is -0.481 e. The second-order valence-electron chi connectivity index (χ2n) is 8.63. The lowest BCUT2D eigenvalue weighted by Crippen LogP contribution is -2.25. The van der Waals surface area contributed by atoms with Crippen molar-refractivity contribution < 1.29 is 24.2 Å². The number of aryl methyl sites for hydroxylation is 1. The fraction of sp³-hybridized carbons (Fsp3) is 0.308. The van der Waals surface area contributed by atoms with Crippen LogP contribution in [0.3, 0.4) is 0 Å². The Balaban J connectivity index is 1.32. The van der Waals surface area contributed by atoms with Crippen LogP contribution in [0.25, 0.3) is 11.1 Å². The fourth-order valence-electron chi connectivity index (χ4n) is 4.29. The van der Waals surface area contributed by atoms with Gasteiger partial charge in [-0.15, -0.1) is 0 Å². The van der Waals surface area contributed by atoms with Crippen LogP contribution in [0.1, 0.15) is 52.2 Å². The van der Waals surface area contributed by atoms with Gasteiger partial charge >= 0.3 is 12.1 Å². The van der Waals surface area contributed by atoms with Gasteiger partial charge in [0.2, 0.25) is 0 Å². The van der Waals surface area contributed by atoms with Crippen LogP contribution < -0.4 is 10.6 Å². The van der Waals surface area contributed by atoms with E-state index in [2.05, 4.69) is 39.9 Å². The summed E-state index contributed by atoms with van der Waals surface area (Å²) in [6.45, 7) is 4.07. The number of fused-ring (bicyclic) bond motifs is 3. The van der Waals surface area contributed by atoms with Crippen molar-refractivity contribution in [2.75, 3.05) is 18.5 Å². The maximum Gasteiger partial charge on any atom is 0.413 e. The summed E-state index contributed by atoms with van der Waals surface area (Å²) in [5, 5.41) is 14.5. The lowest BCUT2D eigenvalue weighted by molar-refractivity contribution is -0.138. The molecule has 0 fully saturated rings. The number of nitrogens with zero attached hydrogens (tertiary/aromatic N) is 1. The molecule has 4 rings (SSSR count). The first kappa shape index (κ1) is 24.4. The Morgan fingerprint density at radius 2 is 1.71 bits per heavy atom. The molecule has 8 nitrogen and oxygen atoms in total. The number of carboxylic acid groups (broad SMARTS) is 1. The molecule has 0 saturated carbocycles. The molecule has 0 saturated heterocycles. The summed E-state index contributed by atoms with van der Waals surface area (Å²) in [5.41, 5.74) is 5.06. The van der Waals surface area contributed by atoms with E-state index in [9.17, 15) is 14.4 Å². The number of carbonyl (C=O) groups excluding carboxylic acids is 2. The highest BCUT2D eigenvalue weighted by molar-refractivity contribution is 7.17. The summed E-state index contributed by atoms with van der Waals surface area (Å²) in [6.07, 6.45) is -0.0141. The largest absolute Gasteiger partial charge is 0.481 e. The van der Waals surface area contributed by atoms with E-state index < -0.39 is 12.1 Å². The van der Waals surface area contributed by atoms with Crippen molar-refractivity contribution in [3.63, 3.8) is 0 Å². The van der Waals surface area contributed by atoms with Crippen molar-refractivity contribution in [1.82, 2.24) is 10.3 Å². The molecule has 1 unspecified atom stereocenters. The molecule has 0 spiro atoms. The van der Waals surface area contributed by atoms with E-state index >= 15 is 0 Å². The van der Waals surface area contributed by atoms with Crippen LogP contribution in [-0.2, 0) is 9.53 Å². The maximum absolute atomic E-state index is 12.5. The summed E-state index contributed by atoms with van der Waals surface area (Å²) in [5.74, 6) is -1.24. The quantitative estimate of drug-likeness (QED) is 0.384. The number of ether oxygens (including phenoxy) is 1. The number of nitrogens with one attached hydrogen (secondary N) is 2. The smallest absolute Gasteiger partial charge is 0.413 e. The van der Waals surface area contributed by atoms with Crippen LogP contribution in [0.2, 0.25) is 0 Å². The van der Waals surface area contributed by atoms with Gasteiger partial charge in [-0.1, -0.05) is 66.8 Å². The lowest BCUT2D eigenvalue weighted by Gasteiger charge is -2.14. The molecular weight excluding hydrogens is 466 g/mol. The van der Waals surface area contributed by atoms with E-state index in [1.807, 2.05) is 31.2 Å². The number of carboxylic acids is 1. The van der Waals surface area contributed by atoms with E-state index in [1.165, 1.54) is 0 Å². The topological polar surface area (TPSA) is 118 Å². The number of anilines is 1. The van der Waals surface area contributed by atoms with Gasteiger partial charge in [-0.3, -0.25) is 14.9 Å². The van der Waals surface area contributed by atoms with Crippen LogP contribution in [-0.4, -0.2) is 41.2 Å². The Hall–Kier alpha value is -3.72. The number of hydrogen-bond donors (Lipinski definition) is 3. The third-order valence-corrected chi connectivity index (χ3v) is 7.07. The van der Waals surface area contributed by atoms with Gasteiger partial charge in [0.1, 0.15) is 11.5 Å². The van der Waals surface area contributed by atoms with Crippen LogP contribution in [0.5, 0.6) is 0 Å². The summed E-state index contributed by atoms with van der Waals surface area (Å²) < 4.78 is 5.54. The predicted molar refractivity (Wildman–Crippen MR) is 134 cm³/mol. The number of benzene rings is 2. The van der Waals surface area contributed by atoms with Crippen molar-refractivity contribution in [3.05, 3.63) is 70.2 Å². The van der Waals surface area contributed by atoms with Crippen molar-refractivity contribution >= 4 is 34.4 Å². The summed E-state index contributed by atoms with van der Waals surface area (Å²) in [4.78, 5) is 40.4. The summed E-state index contributed by atoms with van der Waals surface area (Å²) in [6, 6.07) is 16.2. The maximum atomic E-state index is 12.5. The van der Waals surface area contributed by atoms with Crippen molar-refractivity contribution in [2.24, 2.45) is 5.92 Å². The van der Waals surface area contributed by atoms with E-state index in [0.29, 0.717) is 23.5 Å². The highest BCUT2D eigenvalue weighted by atomic mass is 32.1. The van der Waals surface area contributed by atoms with E-state index in [0.717, 1.165) is 33.6 Å². The Bertz CT molecular complexity index is 1210. The molecule has 0 aliphatic heterocycles. The van der Waals surface area contributed by atoms with Gasteiger partial charge in [-0.05, 0) is 41.5 Å².